The van der Waals surface area contributed by atoms with Crippen LogP contribution < -0.4 is 0 Å². The fourth-order valence-electron chi connectivity index (χ4n) is 3.47. The number of ketones is 1. The number of nitriles is 1. The third-order valence-corrected chi connectivity index (χ3v) is 5.23. The van der Waals surface area contributed by atoms with E-state index in [9.17, 15) is 10.1 Å². The Labute approximate surface area is 143 Å². The molecular formula is C20H22N2O2. The number of piperidine rings is 1. The average molecular weight is 322 g/mol. The smallest absolute Gasteiger partial charge is 0.179 e. The molecule has 1 aromatic carbocycles. The Balaban J connectivity index is 2.05. The highest BCUT2D eigenvalue weighted by molar-refractivity contribution is 6.10. The number of ether oxygens (including phenoxy) is 1. The molecule has 1 saturated heterocycles. The van der Waals surface area contributed by atoms with Crippen LogP contribution in [0.5, 0.6) is 0 Å². The fourth-order valence-corrected chi connectivity index (χ4v) is 3.47. The van der Waals surface area contributed by atoms with Crippen LogP contribution in [0.3, 0.4) is 0 Å². The maximum absolute atomic E-state index is 12.4. The first-order valence-electron chi connectivity index (χ1n) is 8.25. The summed E-state index contributed by atoms with van der Waals surface area (Å²) in [4.78, 5) is 14.6. The van der Waals surface area contributed by atoms with Gasteiger partial charge in [-0.1, -0.05) is 24.8 Å². The molecule has 1 aromatic rings. The SMILES string of the molecule is C=Cc1ccc2c(c1)C(N1CCC(C)(OC)CC1)=C(C#N)C(=O)C2. The normalized spacial score (nSPS) is 19.7. The van der Waals surface area contributed by atoms with Crippen molar-refractivity contribution >= 4 is 17.6 Å². The molecule has 2 aliphatic rings. The molecule has 0 spiro atoms. The second-order valence-electron chi connectivity index (χ2n) is 6.70. The summed E-state index contributed by atoms with van der Waals surface area (Å²) in [7, 11) is 1.74. The molecule has 0 aromatic heterocycles. The molecule has 4 heteroatoms. The van der Waals surface area contributed by atoms with E-state index in [1.165, 1.54) is 0 Å². The van der Waals surface area contributed by atoms with E-state index < -0.39 is 0 Å². The minimum Gasteiger partial charge on any atom is -0.378 e. The van der Waals surface area contributed by atoms with E-state index in [4.69, 9.17) is 4.74 Å². The van der Waals surface area contributed by atoms with Crippen molar-refractivity contribution < 1.29 is 9.53 Å². The Bertz CT molecular complexity index is 762. The molecule has 1 aliphatic heterocycles. The standard InChI is InChI=1S/C20H22N2O2/c1-4-14-5-6-15-12-18(23)17(13-21)19(16(15)11-14)22-9-7-20(2,24-3)8-10-22/h4-6,11H,1,7-10,12H2,2-3H3. The lowest BCUT2D eigenvalue weighted by Gasteiger charge is -2.41. The topological polar surface area (TPSA) is 53.3 Å². The molecule has 0 N–H and O–H groups in total. The highest BCUT2D eigenvalue weighted by Crippen LogP contribution is 2.36. The highest BCUT2D eigenvalue weighted by Gasteiger charge is 2.35. The summed E-state index contributed by atoms with van der Waals surface area (Å²) >= 11 is 0. The Kier molecular flexibility index (Phi) is 4.29. The zero-order chi connectivity index (χ0) is 17.3. The molecule has 0 unspecified atom stereocenters. The van der Waals surface area contributed by atoms with Crippen molar-refractivity contribution in [2.45, 2.75) is 31.8 Å². The second-order valence-corrected chi connectivity index (χ2v) is 6.70. The van der Waals surface area contributed by atoms with Gasteiger partial charge in [0.1, 0.15) is 11.6 Å². The number of nitrogens with zero attached hydrogens (tertiary/aromatic N) is 2. The van der Waals surface area contributed by atoms with Crippen LogP contribution in [-0.2, 0) is 16.0 Å². The summed E-state index contributed by atoms with van der Waals surface area (Å²) in [5.41, 5.74) is 3.91. The zero-order valence-electron chi connectivity index (χ0n) is 14.3. The van der Waals surface area contributed by atoms with E-state index in [1.54, 1.807) is 13.2 Å². The summed E-state index contributed by atoms with van der Waals surface area (Å²) in [6, 6.07) is 8.12. The first-order valence-corrected chi connectivity index (χ1v) is 8.25. The Hall–Kier alpha value is -2.38. The maximum Gasteiger partial charge on any atom is 0.179 e. The lowest BCUT2D eigenvalue weighted by atomic mass is 9.85. The molecule has 0 radical (unpaired) electrons. The van der Waals surface area contributed by atoms with E-state index >= 15 is 0 Å². The lowest BCUT2D eigenvalue weighted by molar-refractivity contribution is -0.114. The van der Waals surface area contributed by atoms with Gasteiger partial charge in [-0.3, -0.25) is 4.79 Å². The second kappa shape index (κ2) is 6.26. The summed E-state index contributed by atoms with van der Waals surface area (Å²) in [5.74, 6) is -0.0913. The molecule has 24 heavy (non-hydrogen) atoms. The van der Waals surface area contributed by atoms with Gasteiger partial charge in [-0.25, -0.2) is 0 Å². The van der Waals surface area contributed by atoms with Gasteiger partial charge in [-0.2, -0.15) is 5.26 Å². The van der Waals surface area contributed by atoms with Crippen LogP contribution in [0.15, 0.2) is 30.4 Å². The van der Waals surface area contributed by atoms with Gasteiger partial charge in [-0.15, -0.1) is 0 Å². The number of allylic oxidation sites excluding steroid dienone is 1. The molecule has 4 nitrogen and oxygen atoms in total. The van der Waals surface area contributed by atoms with Crippen LogP contribution in [0.1, 0.15) is 36.5 Å². The van der Waals surface area contributed by atoms with Crippen molar-refractivity contribution in [1.29, 1.82) is 5.26 Å². The number of hydrogen-bond donors (Lipinski definition) is 0. The molecule has 124 valence electrons. The molecule has 0 amide bonds. The van der Waals surface area contributed by atoms with Crippen molar-refractivity contribution in [1.82, 2.24) is 4.90 Å². The van der Waals surface area contributed by atoms with Gasteiger partial charge in [0.25, 0.3) is 0 Å². The Morgan fingerprint density at radius 3 is 2.67 bits per heavy atom. The largest absolute Gasteiger partial charge is 0.378 e. The number of rotatable bonds is 3. The quantitative estimate of drug-likeness (QED) is 0.857. The number of methoxy groups -OCH3 is 1. The predicted molar refractivity (Wildman–Crippen MR) is 94.0 cm³/mol. The van der Waals surface area contributed by atoms with E-state index in [-0.39, 0.29) is 17.0 Å². The number of fused-ring (bicyclic) bond motifs is 1. The van der Waals surface area contributed by atoms with E-state index in [0.717, 1.165) is 48.3 Å². The van der Waals surface area contributed by atoms with E-state index in [0.29, 0.717) is 6.42 Å². The molecule has 0 atom stereocenters. The number of carbonyl (C=O) groups is 1. The van der Waals surface area contributed by atoms with Crippen molar-refractivity contribution in [3.8, 4) is 6.07 Å². The molecular weight excluding hydrogens is 300 g/mol. The minimum absolute atomic E-state index is 0.0913. The van der Waals surface area contributed by atoms with Crippen LogP contribution in [-0.4, -0.2) is 36.5 Å². The summed E-state index contributed by atoms with van der Waals surface area (Å²) in [6.45, 7) is 7.48. The molecule has 1 fully saturated rings. The number of benzene rings is 1. The Morgan fingerprint density at radius 2 is 2.08 bits per heavy atom. The van der Waals surface area contributed by atoms with Gasteiger partial charge < -0.3 is 9.64 Å². The van der Waals surface area contributed by atoms with Crippen LogP contribution in [0.4, 0.5) is 0 Å². The highest BCUT2D eigenvalue weighted by atomic mass is 16.5. The van der Waals surface area contributed by atoms with Crippen molar-refractivity contribution in [2.75, 3.05) is 20.2 Å². The molecule has 3 rings (SSSR count). The fraction of sp³-hybridized carbons (Fsp3) is 0.400. The first-order chi connectivity index (χ1) is 11.5. The first kappa shape index (κ1) is 16.5. The number of hydrogen-bond acceptors (Lipinski definition) is 4. The van der Waals surface area contributed by atoms with Crippen molar-refractivity contribution in [3.05, 3.63) is 47.0 Å². The van der Waals surface area contributed by atoms with Gasteiger partial charge >= 0.3 is 0 Å². The number of likely N-dealkylation sites (tertiary alicyclic amines) is 1. The average Bonchev–Trinajstić information content (AvgIpc) is 2.61. The number of Topliss-reactive ketones (excluding diaryl/α,β-unsaturated/α-hetero) is 1. The van der Waals surface area contributed by atoms with Crippen LogP contribution in [0.25, 0.3) is 11.8 Å². The molecule has 1 aliphatic carbocycles. The van der Waals surface area contributed by atoms with Gasteiger partial charge in [0.2, 0.25) is 0 Å². The van der Waals surface area contributed by atoms with Crippen molar-refractivity contribution in [2.24, 2.45) is 0 Å². The number of carbonyl (C=O) groups excluding carboxylic acids is 1. The van der Waals surface area contributed by atoms with Gasteiger partial charge in [-0.05, 0) is 37.0 Å². The molecule has 0 saturated carbocycles. The molecule has 1 heterocycles. The summed E-state index contributed by atoms with van der Waals surface area (Å²) in [6.07, 6.45) is 3.83. The van der Waals surface area contributed by atoms with Gasteiger partial charge in [0.05, 0.1) is 11.3 Å². The van der Waals surface area contributed by atoms with Gasteiger partial charge in [0, 0.05) is 32.2 Å². The predicted octanol–water partition coefficient (Wildman–Crippen LogP) is 3.19. The van der Waals surface area contributed by atoms with Crippen LogP contribution >= 0.6 is 0 Å². The van der Waals surface area contributed by atoms with Crippen molar-refractivity contribution in [3.63, 3.8) is 0 Å². The molecule has 0 bridgehead atoms. The third kappa shape index (κ3) is 2.76. The van der Waals surface area contributed by atoms with E-state index in [1.807, 2.05) is 18.2 Å². The monoisotopic (exact) mass is 322 g/mol. The lowest BCUT2D eigenvalue weighted by Crippen LogP contribution is -2.43. The maximum atomic E-state index is 12.4. The van der Waals surface area contributed by atoms with Crippen LogP contribution in [0.2, 0.25) is 0 Å². The summed E-state index contributed by atoms with van der Waals surface area (Å²) < 4.78 is 5.61. The Morgan fingerprint density at radius 1 is 1.38 bits per heavy atom. The third-order valence-electron chi connectivity index (χ3n) is 5.23. The zero-order valence-corrected chi connectivity index (χ0v) is 14.3. The van der Waals surface area contributed by atoms with Crippen LogP contribution in [0, 0.1) is 11.3 Å². The minimum atomic E-state index is -0.131. The van der Waals surface area contributed by atoms with E-state index in [2.05, 4.69) is 24.5 Å². The van der Waals surface area contributed by atoms with Gasteiger partial charge in [0.15, 0.2) is 5.78 Å². The summed E-state index contributed by atoms with van der Waals surface area (Å²) in [5, 5.41) is 9.56.